The van der Waals surface area contributed by atoms with Crippen LogP contribution >= 0.6 is 11.8 Å². The Morgan fingerprint density at radius 2 is 1.70 bits per heavy atom. The number of aromatic nitrogens is 2. The van der Waals surface area contributed by atoms with Gasteiger partial charge in [0.05, 0.1) is 23.1 Å². The number of hydrogen-bond donors (Lipinski definition) is 1. The van der Waals surface area contributed by atoms with E-state index in [-0.39, 0.29) is 0 Å². The third-order valence-corrected chi connectivity index (χ3v) is 6.72. The topological polar surface area (TPSA) is 54.6 Å². The summed E-state index contributed by atoms with van der Waals surface area (Å²) < 4.78 is 1.86. The van der Waals surface area contributed by atoms with Gasteiger partial charge < -0.3 is 5.32 Å². The summed E-state index contributed by atoms with van der Waals surface area (Å²) in [6.45, 7) is 4.17. The minimum Gasteiger partial charge on any atom is -0.334 e. The quantitative estimate of drug-likeness (QED) is 0.407. The molecule has 0 bridgehead atoms. The summed E-state index contributed by atoms with van der Waals surface area (Å²) in [7, 11) is 0. The Morgan fingerprint density at radius 3 is 2.52 bits per heavy atom. The van der Waals surface area contributed by atoms with E-state index in [1.807, 2.05) is 47.3 Å². The van der Waals surface area contributed by atoms with Gasteiger partial charge in [-0.1, -0.05) is 79.0 Å². The summed E-state index contributed by atoms with van der Waals surface area (Å²) >= 11 is 1.65. The second kappa shape index (κ2) is 8.22. The zero-order chi connectivity index (χ0) is 22.2. The molecule has 0 fully saturated rings. The lowest BCUT2D eigenvalue weighted by Crippen LogP contribution is -2.23. The van der Waals surface area contributed by atoms with E-state index in [4.69, 9.17) is 9.98 Å². The van der Waals surface area contributed by atoms with E-state index >= 15 is 0 Å². The molecule has 5 nitrogen and oxygen atoms in total. The van der Waals surface area contributed by atoms with Gasteiger partial charge >= 0.3 is 0 Å². The first kappa shape index (κ1) is 19.8. The number of hydrogen-bond acceptors (Lipinski definition) is 5. The molecule has 2 aliphatic heterocycles. The molecule has 0 atom stereocenters. The first-order valence-electron chi connectivity index (χ1n) is 10.8. The maximum atomic E-state index is 4.91. The molecular formula is C27H21N5S. The van der Waals surface area contributed by atoms with E-state index in [1.165, 1.54) is 16.7 Å². The Hall–Kier alpha value is -3.90. The van der Waals surface area contributed by atoms with Gasteiger partial charge in [-0.15, -0.1) is 0 Å². The molecule has 3 aromatic carbocycles. The van der Waals surface area contributed by atoms with Gasteiger partial charge in [0.1, 0.15) is 0 Å². The number of para-hydroxylation sites is 1. The van der Waals surface area contributed by atoms with E-state index in [9.17, 15) is 0 Å². The lowest BCUT2D eigenvalue weighted by molar-refractivity contribution is 0.879. The lowest BCUT2D eigenvalue weighted by Gasteiger charge is -2.17. The monoisotopic (exact) mass is 447 g/mol. The average molecular weight is 448 g/mol. The number of amidine groups is 1. The van der Waals surface area contributed by atoms with Crippen LogP contribution in [-0.4, -0.2) is 26.4 Å². The van der Waals surface area contributed by atoms with E-state index in [2.05, 4.69) is 59.5 Å². The fourth-order valence-electron chi connectivity index (χ4n) is 4.10. The predicted molar refractivity (Wildman–Crippen MR) is 138 cm³/mol. The second-order valence-electron chi connectivity index (χ2n) is 8.00. The molecule has 0 unspecified atom stereocenters. The normalized spacial score (nSPS) is 14.2. The van der Waals surface area contributed by atoms with Crippen molar-refractivity contribution in [1.82, 2.24) is 15.1 Å². The molecule has 0 spiro atoms. The zero-order valence-corrected chi connectivity index (χ0v) is 18.7. The van der Waals surface area contributed by atoms with Gasteiger partial charge in [0, 0.05) is 23.6 Å². The predicted octanol–water partition coefficient (Wildman–Crippen LogP) is 6.16. The molecule has 160 valence electrons. The number of thioether (sulfide) groups is 1. The molecule has 1 aromatic heterocycles. The van der Waals surface area contributed by atoms with Crippen LogP contribution in [0, 0.1) is 0 Å². The smallest absolute Gasteiger partial charge is 0.168 e. The largest absolute Gasteiger partial charge is 0.334 e. The summed E-state index contributed by atoms with van der Waals surface area (Å²) in [6, 6.07) is 27.0. The highest BCUT2D eigenvalue weighted by Gasteiger charge is 2.22. The molecular weight excluding hydrogens is 426 g/mol. The molecule has 33 heavy (non-hydrogen) atoms. The third-order valence-electron chi connectivity index (χ3n) is 5.78. The fourth-order valence-corrected chi connectivity index (χ4v) is 4.92. The average Bonchev–Trinajstić information content (AvgIpc) is 3.47. The van der Waals surface area contributed by atoms with Gasteiger partial charge in [0.25, 0.3) is 0 Å². The van der Waals surface area contributed by atoms with Crippen LogP contribution in [0.1, 0.15) is 11.1 Å². The van der Waals surface area contributed by atoms with E-state index in [1.54, 1.807) is 11.8 Å². The molecule has 2 aliphatic rings. The Labute approximate surface area is 196 Å². The molecule has 0 saturated carbocycles. The second-order valence-corrected chi connectivity index (χ2v) is 8.97. The molecule has 1 N–H and O–H groups in total. The standard InChI is InChI=1S/C27H21N5S/c1-18-24-16-28-32(23-10-6-3-7-11-23)26(24)31-27(29-18)33-17-22-14-21-13-12-20(15-25(21)30-22)19-8-4-2-5-9-19/h2-13,15-16H,1,14,17H2,(H,29,31). The Bertz CT molecular complexity index is 1420. The number of rotatable bonds is 4. The van der Waals surface area contributed by atoms with Gasteiger partial charge in [0.2, 0.25) is 0 Å². The van der Waals surface area contributed by atoms with Gasteiger partial charge in [-0.25, -0.2) is 9.67 Å². The highest BCUT2D eigenvalue weighted by atomic mass is 32.2. The van der Waals surface area contributed by atoms with Crippen LogP contribution < -0.4 is 5.32 Å². The summed E-state index contributed by atoms with van der Waals surface area (Å²) in [5.41, 5.74) is 8.61. The molecule has 4 aromatic rings. The van der Waals surface area contributed by atoms with E-state index in [0.717, 1.165) is 51.5 Å². The fraction of sp³-hybridized carbons (Fsp3) is 0.0741. The van der Waals surface area contributed by atoms with Crippen molar-refractivity contribution in [2.45, 2.75) is 6.42 Å². The number of benzene rings is 3. The van der Waals surface area contributed by atoms with Gasteiger partial charge in [-0.2, -0.15) is 5.10 Å². The van der Waals surface area contributed by atoms with E-state index in [0.29, 0.717) is 0 Å². The van der Waals surface area contributed by atoms with Crippen LogP contribution in [-0.2, 0) is 6.42 Å². The highest BCUT2D eigenvalue weighted by Crippen LogP contribution is 2.34. The van der Waals surface area contributed by atoms with Gasteiger partial charge in [0.15, 0.2) is 11.0 Å². The molecule has 6 heteroatoms. The van der Waals surface area contributed by atoms with Crippen molar-refractivity contribution < 1.29 is 0 Å². The van der Waals surface area contributed by atoms with Crippen molar-refractivity contribution in [2.24, 2.45) is 9.98 Å². The first-order valence-corrected chi connectivity index (χ1v) is 11.8. The van der Waals surface area contributed by atoms with Crippen LogP contribution in [0.3, 0.4) is 0 Å². The molecule has 0 amide bonds. The maximum Gasteiger partial charge on any atom is 0.168 e. The van der Waals surface area contributed by atoms with Crippen LogP contribution in [0.2, 0.25) is 0 Å². The molecule has 0 aliphatic carbocycles. The van der Waals surface area contributed by atoms with Crippen LogP contribution in [0.25, 0.3) is 22.5 Å². The summed E-state index contributed by atoms with van der Waals surface area (Å²) in [6.07, 6.45) is 2.68. The minimum absolute atomic E-state index is 0.767. The molecule has 3 heterocycles. The van der Waals surface area contributed by atoms with Gasteiger partial charge in [-0.3, -0.25) is 4.99 Å². The highest BCUT2D eigenvalue weighted by molar-refractivity contribution is 8.14. The van der Waals surface area contributed by atoms with Crippen LogP contribution in [0.5, 0.6) is 0 Å². The SMILES string of the molecule is C=C1NC(SCC2=Nc3cc(-c4ccccc4)ccc3C2)=Nc2c1cnn2-c1ccccc1. The zero-order valence-electron chi connectivity index (χ0n) is 17.9. The van der Waals surface area contributed by atoms with Crippen molar-refractivity contribution >= 4 is 39.8 Å². The Balaban J connectivity index is 1.21. The number of nitrogens with one attached hydrogen (secondary N) is 1. The summed E-state index contributed by atoms with van der Waals surface area (Å²) in [4.78, 5) is 9.76. The molecule has 6 rings (SSSR count). The van der Waals surface area contributed by atoms with Crippen molar-refractivity contribution in [3.8, 4) is 16.8 Å². The Morgan fingerprint density at radius 1 is 0.909 bits per heavy atom. The van der Waals surface area contributed by atoms with Crippen molar-refractivity contribution in [3.63, 3.8) is 0 Å². The molecule has 0 radical (unpaired) electrons. The van der Waals surface area contributed by atoms with Crippen LogP contribution in [0.4, 0.5) is 11.5 Å². The summed E-state index contributed by atoms with van der Waals surface area (Å²) in [5.74, 6) is 1.57. The first-order chi connectivity index (χ1) is 16.2. The number of fused-ring (bicyclic) bond motifs is 2. The van der Waals surface area contributed by atoms with Crippen LogP contribution in [0.15, 0.2) is 102 Å². The lowest BCUT2D eigenvalue weighted by atomic mass is 10.0. The van der Waals surface area contributed by atoms with Crippen molar-refractivity contribution in [1.29, 1.82) is 0 Å². The maximum absolute atomic E-state index is 4.91. The molecule has 0 saturated heterocycles. The minimum atomic E-state index is 0.767. The Kier molecular flexibility index (Phi) is 4.92. The van der Waals surface area contributed by atoms with Crippen molar-refractivity contribution in [3.05, 3.63) is 103 Å². The number of nitrogens with zero attached hydrogens (tertiary/aromatic N) is 4. The summed E-state index contributed by atoms with van der Waals surface area (Å²) in [5, 5.41) is 8.66. The van der Waals surface area contributed by atoms with E-state index < -0.39 is 0 Å². The van der Waals surface area contributed by atoms with Crippen molar-refractivity contribution in [2.75, 3.05) is 5.75 Å². The third kappa shape index (κ3) is 3.79. The number of aliphatic imine (C=N–C) groups is 2. The van der Waals surface area contributed by atoms with Gasteiger partial charge in [-0.05, 0) is 34.9 Å².